The number of fused-ring (bicyclic) bond motifs is 1. The first-order valence-corrected chi connectivity index (χ1v) is 11.9. The molecule has 35 heavy (non-hydrogen) atoms. The van der Waals surface area contributed by atoms with Crippen molar-refractivity contribution in [2.45, 2.75) is 64.4 Å². The predicted molar refractivity (Wildman–Crippen MR) is 125 cm³/mol. The van der Waals surface area contributed by atoms with Gasteiger partial charge in [-0.25, -0.2) is 4.68 Å². The standard InChI is InChI=1S/C23H30N8O4/c1-23(2,3)30-21(25-26-27-30)20(28-10-4-5-11-28)17-8-6-16(7-9-17)14-34-18-12-29-13-19(31(32)33)24-22(29)35-15-18/h6-9,13,18,20H,4-5,10-12,14-15H2,1-3H3. The molecule has 0 spiro atoms. The summed E-state index contributed by atoms with van der Waals surface area (Å²) in [5, 5.41) is 23.6. The third-order valence-corrected chi connectivity index (χ3v) is 6.37. The van der Waals surface area contributed by atoms with Crippen LogP contribution in [-0.4, -0.2) is 65.4 Å². The number of rotatable bonds is 7. The van der Waals surface area contributed by atoms with Gasteiger partial charge < -0.3 is 19.6 Å². The Morgan fingerprint density at radius 2 is 1.97 bits per heavy atom. The Labute approximate surface area is 203 Å². The maximum Gasteiger partial charge on any atom is 0.414 e. The van der Waals surface area contributed by atoms with Crippen molar-refractivity contribution >= 4 is 5.82 Å². The molecular weight excluding hydrogens is 452 g/mol. The lowest BCUT2D eigenvalue weighted by Crippen LogP contribution is -2.33. The molecule has 5 rings (SSSR count). The summed E-state index contributed by atoms with van der Waals surface area (Å²) in [6, 6.07) is 8.63. The minimum absolute atomic E-state index is 0.0103. The maximum atomic E-state index is 10.9. The van der Waals surface area contributed by atoms with Crippen LogP contribution < -0.4 is 4.74 Å². The van der Waals surface area contributed by atoms with Crippen LogP contribution in [0.3, 0.4) is 0 Å². The van der Waals surface area contributed by atoms with E-state index < -0.39 is 4.92 Å². The van der Waals surface area contributed by atoms with E-state index in [0.717, 1.165) is 30.0 Å². The van der Waals surface area contributed by atoms with Gasteiger partial charge in [0.15, 0.2) is 5.82 Å². The van der Waals surface area contributed by atoms with Gasteiger partial charge in [0, 0.05) is 4.98 Å². The van der Waals surface area contributed by atoms with Crippen LogP contribution in [0.4, 0.5) is 5.82 Å². The number of likely N-dealkylation sites (tertiary alicyclic amines) is 1. The largest absolute Gasteiger partial charge is 0.443 e. The second-order valence-corrected chi connectivity index (χ2v) is 10.0. The minimum atomic E-state index is -0.526. The van der Waals surface area contributed by atoms with Crippen molar-refractivity contribution < 1.29 is 14.4 Å². The number of hydrogen-bond acceptors (Lipinski definition) is 9. The van der Waals surface area contributed by atoms with Gasteiger partial charge in [-0.2, -0.15) is 0 Å². The summed E-state index contributed by atoms with van der Waals surface area (Å²) in [4.78, 5) is 16.7. The van der Waals surface area contributed by atoms with Gasteiger partial charge in [0.2, 0.25) is 0 Å². The van der Waals surface area contributed by atoms with E-state index >= 15 is 0 Å². The Morgan fingerprint density at radius 1 is 1.23 bits per heavy atom. The number of hydrogen-bond donors (Lipinski definition) is 0. The van der Waals surface area contributed by atoms with Crippen molar-refractivity contribution in [1.29, 1.82) is 0 Å². The van der Waals surface area contributed by atoms with E-state index in [9.17, 15) is 10.1 Å². The molecule has 186 valence electrons. The predicted octanol–water partition coefficient (Wildman–Crippen LogP) is 2.70. The summed E-state index contributed by atoms with van der Waals surface area (Å²) in [7, 11) is 0. The molecule has 3 aromatic rings. The lowest BCUT2D eigenvalue weighted by Gasteiger charge is -2.30. The zero-order valence-corrected chi connectivity index (χ0v) is 20.2. The lowest BCUT2D eigenvalue weighted by atomic mass is 10.0. The van der Waals surface area contributed by atoms with Crippen molar-refractivity contribution in [1.82, 2.24) is 34.7 Å². The molecule has 1 fully saturated rings. The van der Waals surface area contributed by atoms with Crippen LogP contribution in [0, 0.1) is 10.1 Å². The average Bonchev–Trinajstić information content (AvgIpc) is 3.59. The van der Waals surface area contributed by atoms with E-state index in [4.69, 9.17) is 9.47 Å². The molecule has 0 saturated carbocycles. The van der Waals surface area contributed by atoms with Crippen molar-refractivity contribution in [2.24, 2.45) is 0 Å². The Hall–Kier alpha value is -3.38. The molecule has 2 atom stereocenters. The van der Waals surface area contributed by atoms with Crippen LogP contribution in [-0.2, 0) is 23.4 Å². The van der Waals surface area contributed by atoms with Crippen LogP contribution in [0.15, 0.2) is 30.5 Å². The molecule has 0 N–H and O–H groups in total. The summed E-state index contributed by atoms with van der Waals surface area (Å²) < 4.78 is 15.1. The monoisotopic (exact) mass is 482 g/mol. The molecule has 2 aromatic heterocycles. The SMILES string of the molecule is CC(C)(C)n1nnnc1C(c1ccc(COC2COc3nc([N+](=O)[O-])cn3C2)cc1)N1CCCC1. The number of aromatic nitrogens is 6. The average molecular weight is 483 g/mol. The molecule has 12 nitrogen and oxygen atoms in total. The van der Waals surface area contributed by atoms with E-state index in [-0.39, 0.29) is 29.5 Å². The lowest BCUT2D eigenvalue weighted by molar-refractivity contribution is -0.389. The zero-order valence-electron chi connectivity index (χ0n) is 20.2. The number of nitrogens with zero attached hydrogens (tertiary/aromatic N) is 8. The molecule has 0 amide bonds. The van der Waals surface area contributed by atoms with Crippen molar-refractivity contribution in [3.05, 3.63) is 57.5 Å². The molecule has 12 heteroatoms. The van der Waals surface area contributed by atoms with Gasteiger partial charge in [-0.3, -0.25) is 9.47 Å². The first-order valence-electron chi connectivity index (χ1n) is 11.9. The Morgan fingerprint density at radius 3 is 2.66 bits per heavy atom. The van der Waals surface area contributed by atoms with E-state index in [2.05, 4.69) is 70.4 Å². The molecule has 0 bridgehead atoms. The van der Waals surface area contributed by atoms with Gasteiger partial charge in [0.1, 0.15) is 18.9 Å². The quantitative estimate of drug-likeness (QED) is 0.369. The molecule has 2 aliphatic heterocycles. The van der Waals surface area contributed by atoms with E-state index in [1.807, 2.05) is 4.68 Å². The smallest absolute Gasteiger partial charge is 0.414 e. The van der Waals surface area contributed by atoms with Crippen molar-refractivity contribution in [3.63, 3.8) is 0 Å². The Balaban J connectivity index is 1.28. The van der Waals surface area contributed by atoms with Crippen LogP contribution in [0.25, 0.3) is 0 Å². The van der Waals surface area contributed by atoms with Crippen molar-refractivity contribution in [2.75, 3.05) is 19.7 Å². The normalized spacial score (nSPS) is 19.3. The maximum absolute atomic E-state index is 10.9. The van der Waals surface area contributed by atoms with Gasteiger partial charge >= 0.3 is 11.8 Å². The summed E-state index contributed by atoms with van der Waals surface area (Å²) in [6.45, 7) is 9.52. The Bertz CT molecular complexity index is 1180. The molecule has 4 heterocycles. The highest BCUT2D eigenvalue weighted by atomic mass is 16.6. The molecule has 2 unspecified atom stereocenters. The third kappa shape index (κ3) is 4.89. The van der Waals surface area contributed by atoms with Gasteiger partial charge in [-0.1, -0.05) is 24.3 Å². The number of imidazole rings is 1. The highest BCUT2D eigenvalue weighted by Crippen LogP contribution is 2.32. The van der Waals surface area contributed by atoms with Gasteiger partial charge in [0.05, 0.1) is 24.7 Å². The fourth-order valence-corrected chi connectivity index (χ4v) is 4.64. The number of nitro groups is 1. The van der Waals surface area contributed by atoms with E-state index in [0.29, 0.717) is 19.8 Å². The topological polar surface area (TPSA) is 126 Å². The fourth-order valence-electron chi connectivity index (χ4n) is 4.64. The summed E-state index contributed by atoms with van der Waals surface area (Å²) in [5.41, 5.74) is 1.96. The van der Waals surface area contributed by atoms with E-state index in [1.165, 1.54) is 19.0 Å². The summed E-state index contributed by atoms with van der Waals surface area (Å²) in [6.07, 6.45) is 3.50. The van der Waals surface area contributed by atoms with Crippen LogP contribution in [0.2, 0.25) is 0 Å². The first kappa shape index (κ1) is 23.4. The number of ether oxygens (including phenoxy) is 2. The third-order valence-electron chi connectivity index (χ3n) is 6.37. The molecule has 2 aliphatic rings. The van der Waals surface area contributed by atoms with Crippen LogP contribution >= 0.6 is 0 Å². The van der Waals surface area contributed by atoms with Gasteiger partial charge in [-0.15, -0.1) is 5.10 Å². The van der Waals surface area contributed by atoms with Gasteiger partial charge in [-0.05, 0) is 73.2 Å². The molecule has 1 saturated heterocycles. The second-order valence-electron chi connectivity index (χ2n) is 10.0. The molecule has 0 radical (unpaired) electrons. The first-order chi connectivity index (χ1) is 16.8. The molecule has 1 aromatic carbocycles. The highest BCUT2D eigenvalue weighted by Gasteiger charge is 2.33. The molecular formula is C23H30N8O4. The fraction of sp³-hybridized carbons (Fsp3) is 0.565. The molecule has 0 aliphatic carbocycles. The highest BCUT2D eigenvalue weighted by molar-refractivity contribution is 5.29. The summed E-state index contributed by atoms with van der Waals surface area (Å²) in [5.74, 6) is 0.634. The van der Waals surface area contributed by atoms with Crippen LogP contribution in [0.1, 0.15) is 56.6 Å². The zero-order chi connectivity index (χ0) is 24.6. The summed E-state index contributed by atoms with van der Waals surface area (Å²) >= 11 is 0. The number of benzene rings is 1. The second kappa shape index (κ2) is 9.34. The van der Waals surface area contributed by atoms with Crippen LogP contribution in [0.5, 0.6) is 6.01 Å². The van der Waals surface area contributed by atoms with Crippen molar-refractivity contribution in [3.8, 4) is 6.01 Å². The van der Waals surface area contributed by atoms with Gasteiger partial charge in [0.25, 0.3) is 0 Å². The van der Waals surface area contributed by atoms with E-state index in [1.54, 1.807) is 4.57 Å². The minimum Gasteiger partial charge on any atom is -0.443 e. The number of tetrazole rings is 1. The Kier molecular flexibility index (Phi) is 6.24.